The van der Waals surface area contributed by atoms with Crippen LogP contribution in [0.1, 0.15) is 43.7 Å². The summed E-state index contributed by atoms with van der Waals surface area (Å²) in [6.07, 6.45) is 2.83. The molecule has 0 aromatic carbocycles. The number of hydrogen-bond donors (Lipinski definition) is 3. The molecule has 2 rings (SSSR count). The molecule has 1 aromatic heterocycles. The van der Waals surface area contributed by atoms with Gasteiger partial charge in [0.1, 0.15) is 11.5 Å². The zero-order chi connectivity index (χ0) is 13.9. The Morgan fingerprint density at radius 1 is 1.50 bits per heavy atom. The third-order valence-corrected chi connectivity index (χ3v) is 3.63. The highest BCUT2D eigenvalue weighted by atomic mass is 127. The lowest BCUT2D eigenvalue weighted by Gasteiger charge is -2.37. The van der Waals surface area contributed by atoms with Crippen LogP contribution < -0.4 is 10.6 Å². The summed E-state index contributed by atoms with van der Waals surface area (Å²) >= 11 is 0. The van der Waals surface area contributed by atoms with Crippen LogP contribution in [0.4, 0.5) is 0 Å². The predicted molar refractivity (Wildman–Crippen MR) is 90.6 cm³/mol. The number of nitrogens with one attached hydrogen (secondary N) is 2. The monoisotopic (exact) mass is 393 g/mol. The lowest BCUT2D eigenvalue weighted by atomic mass is 9.80. The van der Waals surface area contributed by atoms with E-state index >= 15 is 0 Å². The molecule has 0 spiro atoms. The summed E-state index contributed by atoms with van der Waals surface area (Å²) in [6.45, 7) is 4.48. The van der Waals surface area contributed by atoms with Crippen LogP contribution in [0.15, 0.2) is 21.5 Å². The van der Waals surface area contributed by atoms with Crippen molar-refractivity contribution in [2.75, 3.05) is 13.6 Å². The Balaban J connectivity index is 0.00000200. The third kappa shape index (κ3) is 4.37. The van der Waals surface area contributed by atoms with Gasteiger partial charge in [0.25, 0.3) is 0 Å². The van der Waals surface area contributed by atoms with Gasteiger partial charge in [0, 0.05) is 13.6 Å². The van der Waals surface area contributed by atoms with Crippen LogP contribution in [0.25, 0.3) is 0 Å². The minimum absolute atomic E-state index is 0. The number of aliphatic imine (C=N–C) groups is 1. The van der Waals surface area contributed by atoms with Crippen LogP contribution in [-0.4, -0.2) is 30.3 Å². The van der Waals surface area contributed by atoms with Gasteiger partial charge in [0.2, 0.25) is 0 Å². The Kier molecular flexibility index (Phi) is 6.32. The fraction of sp³-hybridized carbons (Fsp3) is 0.643. The van der Waals surface area contributed by atoms with Gasteiger partial charge in [0.05, 0.1) is 11.6 Å². The van der Waals surface area contributed by atoms with Gasteiger partial charge < -0.3 is 20.2 Å². The Bertz CT molecular complexity index is 455. The van der Waals surface area contributed by atoms with Crippen LogP contribution in [0.2, 0.25) is 0 Å². The summed E-state index contributed by atoms with van der Waals surface area (Å²) in [4.78, 5) is 4.16. The van der Waals surface area contributed by atoms with E-state index in [1.807, 2.05) is 26.0 Å². The molecule has 1 fully saturated rings. The summed E-state index contributed by atoms with van der Waals surface area (Å²) in [6, 6.07) is 3.94. The Hall–Kier alpha value is -0.760. The molecule has 1 aliphatic rings. The SMILES string of the molecule is CN=C(NCC1(O)CCC1)NC(C)c1ccc(C)o1.I. The van der Waals surface area contributed by atoms with Crippen molar-refractivity contribution in [2.45, 2.75) is 44.8 Å². The molecule has 1 unspecified atom stereocenters. The average molecular weight is 393 g/mol. The molecule has 1 atom stereocenters. The van der Waals surface area contributed by atoms with Crippen molar-refractivity contribution in [1.29, 1.82) is 0 Å². The molecule has 5 nitrogen and oxygen atoms in total. The lowest BCUT2D eigenvalue weighted by molar-refractivity contribution is -0.0279. The third-order valence-electron chi connectivity index (χ3n) is 3.63. The molecule has 20 heavy (non-hydrogen) atoms. The number of hydrogen-bond acceptors (Lipinski definition) is 3. The molecular weight excluding hydrogens is 369 g/mol. The van der Waals surface area contributed by atoms with Gasteiger partial charge >= 0.3 is 0 Å². The number of aliphatic hydroxyl groups is 1. The molecule has 0 aliphatic heterocycles. The summed E-state index contributed by atoms with van der Waals surface area (Å²) in [5, 5.41) is 16.5. The van der Waals surface area contributed by atoms with Crippen molar-refractivity contribution in [3.63, 3.8) is 0 Å². The van der Waals surface area contributed by atoms with E-state index in [2.05, 4.69) is 15.6 Å². The van der Waals surface area contributed by atoms with Gasteiger partial charge in [-0.3, -0.25) is 4.99 Å². The minimum atomic E-state index is -0.553. The summed E-state index contributed by atoms with van der Waals surface area (Å²) in [5.41, 5.74) is -0.553. The van der Waals surface area contributed by atoms with Crippen molar-refractivity contribution in [2.24, 2.45) is 4.99 Å². The highest BCUT2D eigenvalue weighted by Crippen LogP contribution is 2.30. The minimum Gasteiger partial charge on any atom is -0.464 e. The van der Waals surface area contributed by atoms with Gasteiger partial charge in [-0.1, -0.05) is 0 Å². The topological polar surface area (TPSA) is 69.8 Å². The molecule has 1 heterocycles. The van der Waals surface area contributed by atoms with Crippen molar-refractivity contribution in [1.82, 2.24) is 10.6 Å². The van der Waals surface area contributed by atoms with Crippen molar-refractivity contribution in [3.8, 4) is 0 Å². The van der Waals surface area contributed by atoms with Crippen molar-refractivity contribution in [3.05, 3.63) is 23.7 Å². The van der Waals surface area contributed by atoms with E-state index in [4.69, 9.17) is 4.42 Å². The number of furan rings is 1. The first-order valence-electron chi connectivity index (χ1n) is 6.78. The fourth-order valence-electron chi connectivity index (χ4n) is 2.17. The Morgan fingerprint density at radius 3 is 2.65 bits per heavy atom. The smallest absolute Gasteiger partial charge is 0.191 e. The standard InChI is InChI=1S/C14H23N3O2.HI/c1-10-5-6-12(19-10)11(2)17-13(15-3)16-9-14(18)7-4-8-14;/h5-6,11,18H,4,7-9H2,1-3H3,(H2,15,16,17);1H. The molecule has 0 saturated heterocycles. The lowest BCUT2D eigenvalue weighted by Crippen LogP contribution is -2.50. The van der Waals surface area contributed by atoms with E-state index in [0.29, 0.717) is 12.5 Å². The molecule has 0 bridgehead atoms. The first kappa shape index (κ1) is 17.3. The fourth-order valence-corrected chi connectivity index (χ4v) is 2.17. The van der Waals surface area contributed by atoms with Crippen LogP contribution in [0.5, 0.6) is 0 Å². The van der Waals surface area contributed by atoms with Crippen LogP contribution >= 0.6 is 24.0 Å². The van der Waals surface area contributed by atoms with E-state index in [1.165, 1.54) is 0 Å². The number of nitrogens with zero attached hydrogens (tertiary/aromatic N) is 1. The van der Waals surface area contributed by atoms with Gasteiger partial charge in [-0.15, -0.1) is 24.0 Å². The maximum atomic E-state index is 10.0. The highest BCUT2D eigenvalue weighted by Gasteiger charge is 2.34. The average Bonchev–Trinajstić information content (AvgIpc) is 2.78. The molecule has 1 aliphatic carbocycles. The van der Waals surface area contributed by atoms with E-state index in [0.717, 1.165) is 30.8 Å². The van der Waals surface area contributed by atoms with E-state index in [9.17, 15) is 5.11 Å². The summed E-state index contributed by atoms with van der Waals surface area (Å²) < 4.78 is 5.57. The molecular formula is C14H24IN3O2. The second-order valence-electron chi connectivity index (χ2n) is 5.32. The quantitative estimate of drug-likeness (QED) is 0.417. The number of rotatable bonds is 4. The molecule has 0 radical (unpaired) electrons. The second-order valence-corrected chi connectivity index (χ2v) is 5.32. The van der Waals surface area contributed by atoms with E-state index in [-0.39, 0.29) is 30.0 Å². The van der Waals surface area contributed by atoms with Crippen LogP contribution in [0.3, 0.4) is 0 Å². The largest absolute Gasteiger partial charge is 0.464 e. The highest BCUT2D eigenvalue weighted by molar-refractivity contribution is 14.0. The van der Waals surface area contributed by atoms with Crippen LogP contribution in [-0.2, 0) is 0 Å². The van der Waals surface area contributed by atoms with Gasteiger partial charge in [-0.2, -0.15) is 0 Å². The Labute approximate surface area is 137 Å². The first-order valence-corrected chi connectivity index (χ1v) is 6.78. The summed E-state index contributed by atoms with van der Waals surface area (Å²) in [7, 11) is 1.72. The molecule has 6 heteroatoms. The maximum Gasteiger partial charge on any atom is 0.191 e. The number of aryl methyl sites for hydroxylation is 1. The predicted octanol–water partition coefficient (Wildman–Crippen LogP) is 2.35. The van der Waals surface area contributed by atoms with Gasteiger partial charge in [-0.25, -0.2) is 0 Å². The number of halogens is 1. The molecule has 0 amide bonds. The van der Waals surface area contributed by atoms with Gasteiger partial charge in [0.15, 0.2) is 5.96 Å². The molecule has 114 valence electrons. The van der Waals surface area contributed by atoms with E-state index in [1.54, 1.807) is 7.05 Å². The normalized spacial score (nSPS) is 18.7. The molecule has 1 saturated carbocycles. The zero-order valence-electron chi connectivity index (χ0n) is 12.3. The van der Waals surface area contributed by atoms with Gasteiger partial charge in [-0.05, 0) is 45.2 Å². The van der Waals surface area contributed by atoms with Crippen molar-refractivity contribution < 1.29 is 9.52 Å². The van der Waals surface area contributed by atoms with E-state index < -0.39 is 5.60 Å². The first-order chi connectivity index (χ1) is 9.02. The molecule has 1 aromatic rings. The summed E-state index contributed by atoms with van der Waals surface area (Å²) in [5.74, 6) is 2.46. The molecule has 3 N–H and O–H groups in total. The zero-order valence-corrected chi connectivity index (χ0v) is 14.6. The van der Waals surface area contributed by atoms with Crippen LogP contribution in [0, 0.1) is 6.92 Å². The Morgan fingerprint density at radius 2 is 2.20 bits per heavy atom. The second kappa shape index (κ2) is 7.31. The van der Waals surface area contributed by atoms with Crippen molar-refractivity contribution >= 4 is 29.9 Å². The maximum absolute atomic E-state index is 10.0. The number of guanidine groups is 1.